The number of aryl methyl sites for hydroxylation is 1. The third kappa shape index (κ3) is 4.07. The van der Waals surface area contributed by atoms with Gasteiger partial charge in [-0.3, -0.25) is 4.57 Å². The van der Waals surface area contributed by atoms with Gasteiger partial charge < -0.3 is 5.32 Å². The van der Waals surface area contributed by atoms with Gasteiger partial charge in [-0.05, 0) is 41.8 Å². The molecule has 0 unspecified atom stereocenters. The van der Waals surface area contributed by atoms with Gasteiger partial charge in [-0.1, -0.05) is 37.9 Å². The average molecular weight is 436 g/mol. The van der Waals surface area contributed by atoms with Crippen molar-refractivity contribution < 1.29 is 0 Å². The van der Waals surface area contributed by atoms with E-state index in [4.69, 9.17) is 0 Å². The van der Waals surface area contributed by atoms with Gasteiger partial charge in [0.05, 0.1) is 0 Å². The smallest absolute Gasteiger partial charge is 0.137 e. The van der Waals surface area contributed by atoms with Gasteiger partial charge in [0.2, 0.25) is 0 Å². The molecule has 118 valence electrons. The minimum absolute atomic E-state index is 0.773. The zero-order valence-corrected chi connectivity index (χ0v) is 15.8. The number of imidazole rings is 1. The first-order valence-corrected chi connectivity index (χ1v) is 8.80. The fraction of sp³-hybridized carbons (Fsp3) is 0.176. The highest BCUT2D eigenvalue weighted by molar-refractivity contribution is 9.11. The molecule has 0 radical (unpaired) electrons. The van der Waals surface area contributed by atoms with E-state index >= 15 is 0 Å². The molecule has 23 heavy (non-hydrogen) atoms. The fourth-order valence-electron chi connectivity index (χ4n) is 2.23. The largest absolute Gasteiger partial charge is 0.309 e. The van der Waals surface area contributed by atoms with Crippen LogP contribution in [0.15, 0.2) is 58.1 Å². The van der Waals surface area contributed by atoms with Gasteiger partial charge in [-0.15, -0.1) is 0 Å². The van der Waals surface area contributed by atoms with E-state index in [9.17, 15) is 0 Å². The molecule has 3 rings (SSSR count). The van der Waals surface area contributed by atoms with E-state index < -0.39 is 0 Å². The summed E-state index contributed by atoms with van der Waals surface area (Å²) in [6.45, 7) is 3.65. The van der Waals surface area contributed by atoms with Crippen LogP contribution in [0, 0.1) is 6.92 Å². The van der Waals surface area contributed by atoms with E-state index in [1.165, 1.54) is 11.1 Å². The molecule has 3 aromatic rings. The Kier molecular flexibility index (Phi) is 5.25. The highest BCUT2D eigenvalue weighted by atomic mass is 79.9. The van der Waals surface area contributed by atoms with Crippen LogP contribution in [0.4, 0.5) is 0 Å². The minimum atomic E-state index is 0.773. The summed E-state index contributed by atoms with van der Waals surface area (Å²) in [5, 5.41) is 3.45. The lowest BCUT2D eigenvalue weighted by Crippen LogP contribution is -2.13. The van der Waals surface area contributed by atoms with Gasteiger partial charge in [-0.2, -0.15) is 0 Å². The maximum atomic E-state index is 4.46. The van der Waals surface area contributed by atoms with Crippen LogP contribution in [0.25, 0.3) is 5.82 Å². The topological polar surface area (TPSA) is 42.7 Å². The van der Waals surface area contributed by atoms with Crippen LogP contribution in [0.1, 0.15) is 16.7 Å². The molecule has 2 heterocycles. The van der Waals surface area contributed by atoms with Gasteiger partial charge in [0.1, 0.15) is 12.1 Å². The molecule has 0 saturated carbocycles. The second kappa shape index (κ2) is 7.38. The maximum Gasteiger partial charge on any atom is 0.137 e. The summed E-state index contributed by atoms with van der Waals surface area (Å²) in [4.78, 5) is 8.48. The predicted molar refractivity (Wildman–Crippen MR) is 98.5 cm³/mol. The molecule has 0 aliphatic rings. The second-order valence-electron chi connectivity index (χ2n) is 5.29. The molecule has 2 aromatic heterocycles. The summed E-state index contributed by atoms with van der Waals surface area (Å²) >= 11 is 7.20. The molecule has 0 saturated heterocycles. The van der Waals surface area contributed by atoms with Crippen molar-refractivity contribution in [2.75, 3.05) is 0 Å². The maximum absolute atomic E-state index is 4.46. The van der Waals surface area contributed by atoms with E-state index in [1.54, 1.807) is 12.5 Å². The van der Waals surface area contributed by atoms with E-state index in [-0.39, 0.29) is 0 Å². The highest BCUT2D eigenvalue weighted by Crippen LogP contribution is 2.25. The van der Waals surface area contributed by atoms with E-state index in [0.717, 1.165) is 33.4 Å². The standard InChI is InChI=1S/C17H16Br2N4/c1-12-6-16(19)14(7-15(12)18)10-21-8-13-2-3-17(22-9-13)23-5-4-20-11-23/h2-7,9,11,21H,8,10H2,1H3. The predicted octanol–water partition coefficient (Wildman–Crippen LogP) is 4.39. The summed E-state index contributed by atoms with van der Waals surface area (Å²) in [6, 6.07) is 8.35. The Labute approximate surface area is 152 Å². The molecule has 1 aromatic carbocycles. The Morgan fingerprint density at radius 3 is 2.70 bits per heavy atom. The third-order valence-electron chi connectivity index (χ3n) is 3.55. The highest BCUT2D eigenvalue weighted by Gasteiger charge is 2.04. The van der Waals surface area contributed by atoms with E-state index in [0.29, 0.717) is 0 Å². The summed E-state index contributed by atoms with van der Waals surface area (Å²) in [7, 11) is 0. The first-order valence-electron chi connectivity index (χ1n) is 7.22. The molecule has 0 atom stereocenters. The van der Waals surface area contributed by atoms with Gasteiger partial charge >= 0.3 is 0 Å². The van der Waals surface area contributed by atoms with Gasteiger partial charge in [0, 0.05) is 40.6 Å². The fourth-order valence-corrected chi connectivity index (χ4v) is 3.22. The van der Waals surface area contributed by atoms with Crippen LogP contribution in [0.3, 0.4) is 0 Å². The zero-order chi connectivity index (χ0) is 16.2. The minimum Gasteiger partial charge on any atom is -0.309 e. The Hall–Kier alpha value is -1.50. The lowest BCUT2D eigenvalue weighted by Gasteiger charge is -2.10. The number of pyridine rings is 1. The van der Waals surface area contributed by atoms with Crippen molar-refractivity contribution in [3.8, 4) is 5.82 Å². The molecular formula is C17H16Br2N4. The van der Waals surface area contributed by atoms with Gasteiger partial charge in [-0.25, -0.2) is 9.97 Å². The van der Waals surface area contributed by atoms with Crippen LogP contribution in [-0.2, 0) is 13.1 Å². The lowest BCUT2D eigenvalue weighted by molar-refractivity contribution is 0.688. The number of nitrogens with zero attached hydrogens (tertiary/aromatic N) is 3. The van der Waals surface area contributed by atoms with E-state index in [1.807, 2.05) is 23.0 Å². The molecular weight excluding hydrogens is 420 g/mol. The first-order chi connectivity index (χ1) is 11.1. The third-order valence-corrected chi connectivity index (χ3v) is 5.14. The van der Waals surface area contributed by atoms with Gasteiger partial charge in [0.15, 0.2) is 0 Å². The van der Waals surface area contributed by atoms with Crippen LogP contribution in [0.5, 0.6) is 0 Å². The number of nitrogens with one attached hydrogen (secondary N) is 1. The van der Waals surface area contributed by atoms with Crippen LogP contribution in [-0.4, -0.2) is 14.5 Å². The molecule has 6 heteroatoms. The summed E-state index contributed by atoms with van der Waals surface area (Å²) in [5.74, 6) is 0.872. The number of aromatic nitrogens is 3. The lowest BCUT2D eigenvalue weighted by atomic mass is 10.1. The second-order valence-corrected chi connectivity index (χ2v) is 7.00. The van der Waals surface area contributed by atoms with Crippen LogP contribution in [0.2, 0.25) is 0 Å². The van der Waals surface area contributed by atoms with Crippen molar-refractivity contribution in [1.82, 2.24) is 19.9 Å². The molecule has 0 spiro atoms. The number of hydrogen-bond donors (Lipinski definition) is 1. The Bertz CT molecular complexity index is 783. The number of benzene rings is 1. The summed E-state index contributed by atoms with van der Waals surface area (Å²) < 4.78 is 4.14. The number of halogens is 2. The van der Waals surface area contributed by atoms with Crippen molar-refractivity contribution in [3.05, 3.63) is 74.8 Å². The normalized spacial score (nSPS) is 10.9. The van der Waals surface area contributed by atoms with Crippen molar-refractivity contribution >= 4 is 31.9 Å². The quantitative estimate of drug-likeness (QED) is 0.646. The Morgan fingerprint density at radius 2 is 2.00 bits per heavy atom. The number of rotatable bonds is 5. The molecule has 0 aliphatic heterocycles. The van der Waals surface area contributed by atoms with Crippen LogP contribution < -0.4 is 5.32 Å². The van der Waals surface area contributed by atoms with Crippen molar-refractivity contribution in [2.45, 2.75) is 20.0 Å². The summed E-state index contributed by atoms with van der Waals surface area (Å²) in [6.07, 6.45) is 7.26. The molecule has 4 nitrogen and oxygen atoms in total. The number of hydrogen-bond acceptors (Lipinski definition) is 3. The average Bonchev–Trinajstić information content (AvgIpc) is 3.07. The molecule has 0 aliphatic carbocycles. The Morgan fingerprint density at radius 1 is 1.13 bits per heavy atom. The zero-order valence-electron chi connectivity index (χ0n) is 12.6. The molecule has 1 N–H and O–H groups in total. The van der Waals surface area contributed by atoms with Crippen molar-refractivity contribution in [1.29, 1.82) is 0 Å². The SMILES string of the molecule is Cc1cc(Br)c(CNCc2ccc(-n3ccnc3)nc2)cc1Br. The molecule has 0 bridgehead atoms. The van der Waals surface area contributed by atoms with Crippen molar-refractivity contribution in [3.63, 3.8) is 0 Å². The van der Waals surface area contributed by atoms with Crippen LogP contribution >= 0.6 is 31.9 Å². The van der Waals surface area contributed by atoms with Crippen molar-refractivity contribution in [2.24, 2.45) is 0 Å². The summed E-state index contributed by atoms with van der Waals surface area (Å²) in [5.41, 5.74) is 3.60. The van der Waals surface area contributed by atoms with Gasteiger partial charge in [0.25, 0.3) is 0 Å². The monoisotopic (exact) mass is 434 g/mol. The Balaban J connectivity index is 1.60. The van der Waals surface area contributed by atoms with E-state index in [2.05, 4.69) is 72.3 Å². The molecule has 0 fully saturated rings. The molecule has 0 amide bonds. The first kappa shape index (κ1) is 16.4.